The van der Waals surface area contributed by atoms with Gasteiger partial charge in [-0.3, -0.25) is 4.79 Å². The van der Waals surface area contributed by atoms with Crippen LogP contribution < -0.4 is 5.32 Å². The summed E-state index contributed by atoms with van der Waals surface area (Å²) in [6.07, 6.45) is 4.01. The zero-order valence-corrected chi connectivity index (χ0v) is 12.4. The molecule has 0 fully saturated rings. The lowest BCUT2D eigenvalue weighted by molar-refractivity contribution is -0.115. The lowest BCUT2D eigenvalue weighted by Crippen LogP contribution is -2.25. The van der Waals surface area contributed by atoms with Crippen molar-refractivity contribution in [1.82, 2.24) is 5.32 Å². The van der Waals surface area contributed by atoms with Crippen molar-refractivity contribution in [3.8, 4) is 0 Å². The Morgan fingerprint density at radius 2 is 1.62 bits per heavy atom. The first-order chi connectivity index (χ1) is 10.3. The van der Waals surface area contributed by atoms with Crippen LogP contribution in [0, 0.1) is 0 Å². The number of hydrogen-bond acceptors (Lipinski definition) is 1. The highest BCUT2D eigenvalue weighted by Gasteiger charge is 2.11. The number of carbonyl (C=O) groups excluding carboxylic acids is 1. The molecule has 108 valence electrons. The van der Waals surface area contributed by atoms with Gasteiger partial charge in [-0.15, -0.1) is 0 Å². The Labute approximate surface area is 126 Å². The van der Waals surface area contributed by atoms with Gasteiger partial charge in [0.25, 0.3) is 5.91 Å². The van der Waals surface area contributed by atoms with Gasteiger partial charge in [0.1, 0.15) is 0 Å². The lowest BCUT2D eigenvalue weighted by atomic mass is 10.0. The number of unbranched alkanes of at least 4 members (excludes halogenated alkanes) is 1. The van der Waals surface area contributed by atoms with Crippen LogP contribution in [0.15, 0.2) is 60.7 Å². The molecule has 2 aromatic carbocycles. The van der Waals surface area contributed by atoms with E-state index in [1.807, 2.05) is 66.7 Å². The third-order valence-electron chi connectivity index (χ3n) is 3.26. The van der Waals surface area contributed by atoms with Crippen LogP contribution in [0.5, 0.6) is 0 Å². The molecule has 2 aromatic rings. The van der Waals surface area contributed by atoms with E-state index < -0.39 is 0 Å². The summed E-state index contributed by atoms with van der Waals surface area (Å²) >= 11 is 0. The average molecular weight is 279 g/mol. The molecular weight excluding hydrogens is 258 g/mol. The van der Waals surface area contributed by atoms with Crippen LogP contribution >= 0.6 is 0 Å². The highest BCUT2D eigenvalue weighted by molar-refractivity contribution is 6.24. The topological polar surface area (TPSA) is 29.1 Å². The molecule has 1 N–H and O–H groups in total. The number of nitrogens with one attached hydrogen (secondary N) is 1. The van der Waals surface area contributed by atoms with E-state index in [1.54, 1.807) is 0 Å². The minimum absolute atomic E-state index is 0.0153. The van der Waals surface area contributed by atoms with Crippen LogP contribution in [0.3, 0.4) is 0 Å². The number of benzene rings is 2. The molecule has 0 saturated heterocycles. The van der Waals surface area contributed by atoms with Gasteiger partial charge < -0.3 is 5.32 Å². The van der Waals surface area contributed by atoms with Gasteiger partial charge in [-0.05, 0) is 23.6 Å². The fourth-order valence-electron chi connectivity index (χ4n) is 2.09. The maximum atomic E-state index is 12.4. The Bertz CT molecular complexity index is 587. The van der Waals surface area contributed by atoms with Gasteiger partial charge in [0.05, 0.1) is 0 Å². The van der Waals surface area contributed by atoms with E-state index in [2.05, 4.69) is 12.2 Å². The van der Waals surface area contributed by atoms with Gasteiger partial charge in [-0.25, -0.2) is 0 Å². The summed E-state index contributed by atoms with van der Waals surface area (Å²) < 4.78 is 0. The largest absolute Gasteiger partial charge is 0.352 e. The Balaban J connectivity index is 2.27. The van der Waals surface area contributed by atoms with Crippen molar-refractivity contribution < 1.29 is 4.79 Å². The van der Waals surface area contributed by atoms with Crippen LogP contribution in [0.2, 0.25) is 0 Å². The van der Waals surface area contributed by atoms with E-state index in [0.29, 0.717) is 12.1 Å². The SMILES string of the molecule is CCCCNC(=O)/C(=C\c1ccccc1)c1ccccc1. The molecule has 0 aliphatic carbocycles. The molecule has 21 heavy (non-hydrogen) atoms. The van der Waals surface area contributed by atoms with Crippen molar-refractivity contribution in [3.63, 3.8) is 0 Å². The minimum atomic E-state index is -0.0153. The predicted octanol–water partition coefficient (Wildman–Crippen LogP) is 4.14. The first-order valence-electron chi connectivity index (χ1n) is 7.41. The highest BCUT2D eigenvalue weighted by atomic mass is 16.1. The van der Waals surface area contributed by atoms with Gasteiger partial charge in [-0.1, -0.05) is 74.0 Å². The molecule has 0 bridgehead atoms. The smallest absolute Gasteiger partial charge is 0.251 e. The van der Waals surface area contributed by atoms with Gasteiger partial charge >= 0.3 is 0 Å². The maximum Gasteiger partial charge on any atom is 0.251 e. The summed E-state index contributed by atoms with van der Waals surface area (Å²) in [5.41, 5.74) is 2.68. The molecule has 0 aliphatic rings. The van der Waals surface area contributed by atoms with Gasteiger partial charge in [0.2, 0.25) is 0 Å². The van der Waals surface area contributed by atoms with E-state index in [-0.39, 0.29) is 5.91 Å². The molecule has 0 radical (unpaired) electrons. The number of rotatable bonds is 6. The molecule has 2 nitrogen and oxygen atoms in total. The van der Waals surface area contributed by atoms with Crippen LogP contribution in [0.1, 0.15) is 30.9 Å². The Morgan fingerprint density at radius 3 is 2.24 bits per heavy atom. The maximum absolute atomic E-state index is 12.4. The molecule has 0 spiro atoms. The summed E-state index contributed by atoms with van der Waals surface area (Å²) in [6.45, 7) is 2.83. The zero-order chi connectivity index (χ0) is 14.9. The first kappa shape index (κ1) is 15.0. The van der Waals surface area contributed by atoms with Crippen molar-refractivity contribution in [2.45, 2.75) is 19.8 Å². The number of carbonyl (C=O) groups is 1. The summed E-state index contributed by atoms with van der Waals surface area (Å²) in [5.74, 6) is -0.0153. The summed E-state index contributed by atoms with van der Waals surface area (Å²) in [7, 11) is 0. The molecule has 0 saturated carbocycles. The standard InChI is InChI=1S/C19H21NO/c1-2-3-14-20-19(21)18(17-12-8-5-9-13-17)15-16-10-6-4-7-11-16/h4-13,15H,2-3,14H2,1H3,(H,20,21)/b18-15-. The summed E-state index contributed by atoms with van der Waals surface area (Å²) in [4.78, 5) is 12.4. The average Bonchev–Trinajstić information content (AvgIpc) is 2.54. The lowest BCUT2D eigenvalue weighted by Gasteiger charge is -2.09. The van der Waals surface area contributed by atoms with E-state index in [4.69, 9.17) is 0 Å². The molecular formula is C19H21NO. The fraction of sp³-hybridized carbons (Fsp3) is 0.211. The van der Waals surface area contributed by atoms with Gasteiger partial charge in [0.15, 0.2) is 0 Å². The second kappa shape index (κ2) is 8.05. The molecule has 1 amide bonds. The van der Waals surface area contributed by atoms with Crippen molar-refractivity contribution in [2.24, 2.45) is 0 Å². The Hall–Kier alpha value is -2.35. The second-order valence-electron chi connectivity index (χ2n) is 4.94. The molecule has 0 aromatic heterocycles. The van der Waals surface area contributed by atoms with Crippen LogP contribution in [-0.4, -0.2) is 12.5 Å². The molecule has 2 rings (SSSR count). The molecule has 2 heteroatoms. The highest BCUT2D eigenvalue weighted by Crippen LogP contribution is 2.18. The third kappa shape index (κ3) is 4.60. The third-order valence-corrected chi connectivity index (χ3v) is 3.26. The molecule has 0 aliphatic heterocycles. The minimum Gasteiger partial charge on any atom is -0.352 e. The fourth-order valence-corrected chi connectivity index (χ4v) is 2.09. The predicted molar refractivity (Wildman–Crippen MR) is 88.7 cm³/mol. The Morgan fingerprint density at radius 1 is 1.00 bits per heavy atom. The van der Waals surface area contributed by atoms with E-state index >= 15 is 0 Å². The van der Waals surface area contributed by atoms with Gasteiger partial charge in [-0.2, -0.15) is 0 Å². The van der Waals surface area contributed by atoms with Crippen LogP contribution in [0.25, 0.3) is 11.6 Å². The molecule has 0 heterocycles. The van der Waals surface area contributed by atoms with Crippen LogP contribution in [-0.2, 0) is 4.79 Å². The van der Waals surface area contributed by atoms with E-state index in [1.165, 1.54) is 0 Å². The van der Waals surface area contributed by atoms with Crippen molar-refractivity contribution in [2.75, 3.05) is 6.54 Å². The molecule has 0 unspecified atom stereocenters. The zero-order valence-electron chi connectivity index (χ0n) is 12.4. The quantitative estimate of drug-likeness (QED) is 0.480. The Kier molecular flexibility index (Phi) is 5.77. The van der Waals surface area contributed by atoms with Crippen molar-refractivity contribution in [1.29, 1.82) is 0 Å². The summed E-state index contributed by atoms with van der Waals surface area (Å²) in [5, 5.41) is 3.00. The van der Waals surface area contributed by atoms with Gasteiger partial charge in [0, 0.05) is 12.1 Å². The monoisotopic (exact) mass is 279 g/mol. The van der Waals surface area contributed by atoms with Crippen molar-refractivity contribution >= 4 is 17.6 Å². The second-order valence-corrected chi connectivity index (χ2v) is 4.94. The number of amides is 1. The van der Waals surface area contributed by atoms with Crippen molar-refractivity contribution in [3.05, 3.63) is 71.8 Å². The first-order valence-corrected chi connectivity index (χ1v) is 7.41. The summed E-state index contributed by atoms with van der Waals surface area (Å²) in [6, 6.07) is 19.7. The number of hydrogen-bond donors (Lipinski definition) is 1. The van der Waals surface area contributed by atoms with E-state index in [0.717, 1.165) is 24.0 Å². The normalized spacial score (nSPS) is 11.2. The van der Waals surface area contributed by atoms with E-state index in [9.17, 15) is 4.79 Å². The molecule has 0 atom stereocenters. The van der Waals surface area contributed by atoms with Crippen LogP contribution in [0.4, 0.5) is 0 Å².